The number of anilines is 1. The third kappa shape index (κ3) is 0.549. The maximum Gasteiger partial charge on any atom is 0.0797 e. The Kier molecular flexibility index (Phi) is 0.818. The van der Waals surface area contributed by atoms with Crippen LogP contribution < -0.4 is 5.73 Å². The van der Waals surface area contributed by atoms with Gasteiger partial charge in [-0.3, -0.25) is 0 Å². The lowest BCUT2D eigenvalue weighted by Gasteiger charge is -1.79. The molecule has 2 aromatic heterocycles. The number of nitrogens with one attached hydrogen (secondary N) is 1. The van der Waals surface area contributed by atoms with Crippen LogP contribution in [-0.2, 0) is 0 Å². The van der Waals surface area contributed by atoms with Gasteiger partial charge < -0.3 is 10.7 Å². The average Bonchev–Trinajstić information content (AvgIpc) is 2.35. The van der Waals surface area contributed by atoms with E-state index in [1.54, 1.807) is 11.3 Å². The molecule has 0 bridgehead atoms. The number of hydrogen-bond acceptors (Lipinski definition) is 2. The molecular formula is C6H6N2S. The van der Waals surface area contributed by atoms with Gasteiger partial charge in [-0.05, 0) is 6.07 Å². The summed E-state index contributed by atoms with van der Waals surface area (Å²) < 4.78 is 1.23. The zero-order chi connectivity index (χ0) is 6.27. The van der Waals surface area contributed by atoms with E-state index in [0.717, 1.165) is 11.2 Å². The molecule has 0 radical (unpaired) electrons. The summed E-state index contributed by atoms with van der Waals surface area (Å²) in [6.45, 7) is 0. The van der Waals surface area contributed by atoms with Crippen molar-refractivity contribution < 1.29 is 0 Å². The summed E-state index contributed by atoms with van der Waals surface area (Å²) in [6, 6.07) is 2.02. The Morgan fingerprint density at radius 1 is 1.56 bits per heavy atom. The number of aromatic nitrogens is 1. The minimum Gasteiger partial charge on any atom is -0.396 e. The number of hydrogen-bond donors (Lipinski definition) is 2. The number of nitrogen functional groups attached to an aromatic ring is 1. The van der Waals surface area contributed by atoms with Crippen molar-refractivity contribution in [3.8, 4) is 0 Å². The molecule has 0 aliphatic heterocycles. The highest BCUT2D eigenvalue weighted by Crippen LogP contribution is 2.25. The summed E-state index contributed by atoms with van der Waals surface area (Å²) in [5.74, 6) is 0. The number of fused-ring (bicyclic) bond motifs is 1. The fourth-order valence-electron chi connectivity index (χ4n) is 0.865. The van der Waals surface area contributed by atoms with Gasteiger partial charge in [0.2, 0.25) is 0 Å². The van der Waals surface area contributed by atoms with E-state index < -0.39 is 0 Å². The first-order valence-electron chi connectivity index (χ1n) is 2.68. The van der Waals surface area contributed by atoms with Crippen LogP contribution in [-0.4, -0.2) is 4.98 Å². The van der Waals surface area contributed by atoms with E-state index >= 15 is 0 Å². The molecule has 0 saturated carbocycles. The molecule has 0 atom stereocenters. The SMILES string of the molecule is Nc1csc2cc[nH]c12. The van der Waals surface area contributed by atoms with Crippen molar-refractivity contribution in [1.29, 1.82) is 0 Å². The number of aromatic amines is 1. The largest absolute Gasteiger partial charge is 0.396 e. The predicted octanol–water partition coefficient (Wildman–Crippen LogP) is 1.81. The third-order valence-corrected chi connectivity index (χ3v) is 2.28. The Morgan fingerprint density at radius 3 is 3.22 bits per heavy atom. The lowest BCUT2D eigenvalue weighted by atomic mass is 10.4. The second-order valence-corrected chi connectivity index (χ2v) is 2.82. The molecule has 0 unspecified atom stereocenters. The molecule has 2 heterocycles. The first-order chi connectivity index (χ1) is 4.38. The number of nitrogens with two attached hydrogens (primary N) is 1. The quantitative estimate of drug-likeness (QED) is 0.572. The van der Waals surface area contributed by atoms with E-state index in [1.165, 1.54) is 4.70 Å². The molecule has 9 heavy (non-hydrogen) atoms. The summed E-state index contributed by atoms with van der Waals surface area (Å²) in [6.07, 6.45) is 1.90. The van der Waals surface area contributed by atoms with Gasteiger partial charge in [-0.1, -0.05) is 0 Å². The Balaban J connectivity index is 2.99. The standard InChI is InChI=1S/C6H6N2S/c7-4-3-9-5-1-2-8-6(4)5/h1-3,8H,7H2. The minimum absolute atomic E-state index is 0.847. The van der Waals surface area contributed by atoms with Gasteiger partial charge in [-0.25, -0.2) is 0 Å². The maximum atomic E-state index is 5.60. The van der Waals surface area contributed by atoms with Gasteiger partial charge in [-0.2, -0.15) is 0 Å². The Labute approximate surface area is 56.3 Å². The van der Waals surface area contributed by atoms with Gasteiger partial charge in [-0.15, -0.1) is 11.3 Å². The number of H-pyrrole nitrogens is 1. The van der Waals surface area contributed by atoms with Gasteiger partial charge in [0, 0.05) is 11.6 Å². The molecule has 0 aliphatic carbocycles. The van der Waals surface area contributed by atoms with Crippen molar-refractivity contribution in [2.45, 2.75) is 0 Å². The zero-order valence-corrected chi connectivity index (χ0v) is 5.53. The van der Waals surface area contributed by atoms with Gasteiger partial charge in [0.15, 0.2) is 0 Å². The topological polar surface area (TPSA) is 41.8 Å². The van der Waals surface area contributed by atoms with E-state index in [0.29, 0.717) is 0 Å². The van der Waals surface area contributed by atoms with Crippen LogP contribution >= 0.6 is 11.3 Å². The monoisotopic (exact) mass is 138 g/mol. The lowest BCUT2D eigenvalue weighted by molar-refractivity contribution is 1.48. The summed E-state index contributed by atoms with van der Waals surface area (Å²) in [7, 11) is 0. The Bertz CT molecular complexity index is 320. The summed E-state index contributed by atoms with van der Waals surface area (Å²) in [4.78, 5) is 3.05. The smallest absolute Gasteiger partial charge is 0.0797 e. The van der Waals surface area contributed by atoms with Crippen molar-refractivity contribution in [2.24, 2.45) is 0 Å². The summed E-state index contributed by atoms with van der Waals surface area (Å²) >= 11 is 1.66. The highest BCUT2D eigenvalue weighted by molar-refractivity contribution is 7.17. The molecule has 0 aromatic carbocycles. The molecule has 46 valence electrons. The molecule has 2 aromatic rings. The van der Waals surface area contributed by atoms with Crippen LogP contribution in [0.2, 0.25) is 0 Å². The first-order valence-corrected chi connectivity index (χ1v) is 3.56. The maximum absolute atomic E-state index is 5.60. The molecule has 0 aliphatic rings. The van der Waals surface area contributed by atoms with Crippen LogP contribution in [0.15, 0.2) is 17.6 Å². The molecule has 2 rings (SSSR count). The number of thiophene rings is 1. The Morgan fingerprint density at radius 2 is 2.44 bits per heavy atom. The molecule has 3 N–H and O–H groups in total. The van der Waals surface area contributed by atoms with Crippen molar-refractivity contribution in [3.05, 3.63) is 17.6 Å². The summed E-state index contributed by atoms with van der Waals surface area (Å²) in [5.41, 5.74) is 7.52. The molecule has 0 spiro atoms. The predicted molar refractivity (Wildman–Crippen MR) is 40.6 cm³/mol. The van der Waals surface area contributed by atoms with Crippen molar-refractivity contribution >= 4 is 27.2 Å². The van der Waals surface area contributed by atoms with Gasteiger partial charge >= 0.3 is 0 Å². The highest BCUT2D eigenvalue weighted by atomic mass is 32.1. The second kappa shape index (κ2) is 1.51. The van der Waals surface area contributed by atoms with Crippen LogP contribution in [0.25, 0.3) is 10.2 Å². The molecule has 0 saturated heterocycles. The molecule has 3 heteroatoms. The minimum atomic E-state index is 0.847. The summed E-state index contributed by atoms with van der Waals surface area (Å²) in [5, 5.41) is 1.95. The van der Waals surface area contributed by atoms with Gasteiger partial charge in [0.05, 0.1) is 15.9 Å². The molecule has 2 nitrogen and oxygen atoms in total. The third-order valence-electron chi connectivity index (χ3n) is 1.31. The van der Waals surface area contributed by atoms with Gasteiger partial charge in [0.25, 0.3) is 0 Å². The van der Waals surface area contributed by atoms with Crippen LogP contribution in [0.5, 0.6) is 0 Å². The van der Waals surface area contributed by atoms with E-state index in [-0.39, 0.29) is 0 Å². The first kappa shape index (κ1) is 4.88. The fourth-order valence-corrected chi connectivity index (χ4v) is 1.68. The van der Waals surface area contributed by atoms with Crippen LogP contribution in [0.1, 0.15) is 0 Å². The van der Waals surface area contributed by atoms with E-state index in [1.807, 2.05) is 17.6 Å². The van der Waals surface area contributed by atoms with Crippen LogP contribution in [0.4, 0.5) is 5.69 Å². The molecule has 0 fully saturated rings. The van der Waals surface area contributed by atoms with E-state index in [4.69, 9.17) is 5.73 Å². The average molecular weight is 138 g/mol. The van der Waals surface area contributed by atoms with Crippen molar-refractivity contribution in [3.63, 3.8) is 0 Å². The normalized spacial score (nSPS) is 10.7. The van der Waals surface area contributed by atoms with E-state index in [9.17, 15) is 0 Å². The Hall–Kier alpha value is -0.960. The van der Waals surface area contributed by atoms with Crippen molar-refractivity contribution in [2.75, 3.05) is 5.73 Å². The fraction of sp³-hybridized carbons (Fsp3) is 0. The second-order valence-electron chi connectivity index (χ2n) is 1.91. The van der Waals surface area contributed by atoms with Gasteiger partial charge in [0.1, 0.15) is 0 Å². The van der Waals surface area contributed by atoms with Crippen LogP contribution in [0, 0.1) is 0 Å². The number of rotatable bonds is 0. The lowest BCUT2D eigenvalue weighted by Crippen LogP contribution is -1.78. The zero-order valence-electron chi connectivity index (χ0n) is 4.72. The van der Waals surface area contributed by atoms with Crippen molar-refractivity contribution in [1.82, 2.24) is 4.98 Å². The van der Waals surface area contributed by atoms with E-state index in [2.05, 4.69) is 4.98 Å². The highest BCUT2D eigenvalue weighted by Gasteiger charge is 1.97. The van der Waals surface area contributed by atoms with Crippen LogP contribution in [0.3, 0.4) is 0 Å². The molecular weight excluding hydrogens is 132 g/mol. The molecule has 0 amide bonds.